The van der Waals surface area contributed by atoms with E-state index in [9.17, 15) is 14.4 Å². The minimum atomic E-state index is -1.39. The van der Waals surface area contributed by atoms with Crippen molar-refractivity contribution in [1.82, 2.24) is 5.32 Å². The lowest BCUT2D eigenvalue weighted by Gasteiger charge is -2.12. The van der Waals surface area contributed by atoms with Crippen LogP contribution in [0.5, 0.6) is 0 Å². The highest BCUT2D eigenvalue weighted by molar-refractivity contribution is 7.99. The number of hydrogen-bond acceptors (Lipinski definition) is 4. The van der Waals surface area contributed by atoms with Crippen LogP contribution in [0.2, 0.25) is 0 Å². The Bertz CT molecular complexity index is 477. The predicted octanol–water partition coefficient (Wildman–Crippen LogP) is 0.964. The third-order valence-corrected chi connectivity index (χ3v) is 3.36. The number of amides is 1. The van der Waals surface area contributed by atoms with Crippen LogP contribution in [0.4, 0.5) is 0 Å². The second-order valence-corrected chi connectivity index (χ2v) is 5.02. The van der Waals surface area contributed by atoms with Crippen LogP contribution >= 0.6 is 11.8 Å². The Morgan fingerprint density at radius 2 is 1.80 bits per heavy atom. The molecule has 0 heterocycles. The molecule has 0 fully saturated rings. The molecule has 6 nitrogen and oxygen atoms in total. The topological polar surface area (TPSA) is 104 Å². The number of carboxylic acid groups (broad SMARTS) is 2. The molecule has 0 aliphatic heterocycles. The zero-order chi connectivity index (χ0) is 15.0. The third kappa shape index (κ3) is 6.24. The van der Waals surface area contributed by atoms with Crippen molar-refractivity contribution >= 4 is 29.6 Å². The van der Waals surface area contributed by atoms with Crippen LogP contribution in [0, 0.1) is 0 Å². The number of carboxylic acids is 2. The van der Waals surface area contributed by atoms with E-state index in [1.165, 1.54) is 11.8 Å². The largest absolute Gasteiger partial charge is 0.481 e. The number of thioether (sulfide) groups is 1. The van der Waals surface area contributed by atoms with Gasteiger partial charge in [0.05, 0.1) is 12.2 Å². The average Bonchev–Trinajstić information content (AvgIpc) is 2.38. The van der Waals surface area contributed by atoms with Crippen LogP contribution in [-0.4, -0.2) is 39.9 Å². The maximum Gasteiger partial charge on any atom is 0.326 e. The highest BCUT2D eigenvalue weighted by atomic mass is 32.2. The SMILES string of the molecule is O=C(O)C[C@@H](NC(=O)CSCc1ccccc1)C(=O)O. The third-order valence-electron chi connectivity index (χ3n) is 2.36. The van der Waals surface area contributed by atoms with E-state index in [1.54, 1.807) is 0 Å². The van der Waals surface area contributed by atoms with Gasteiger partial charge in [-0.2, -0.15) is 0 Å². The van der Waals surface area contributed by atoms with Crippen LogP contribution < -0.4 is 5.32 Å². The summed E-state index contributed by atoms with van der Waals surface area (Å²) in [4.78, 5) is 32.8. The highest BCUT2D eigenvalue weighted by Gasteiger charge is 2.22. The van der Waals surface area contributed by atoms with Crippen LogP contribution in [0.3, 0.4) is 0 Å². The molecule has 0 aliphatic rings. The van der Waals surface area contributed by atoms with Gasteiger partial charge in [-0.25, -0.2) is 4.79 Å². The monoisotopic (exact) mass is 297 g/mol. The summed E-state index contributed by atoms with van der Waals surface area (Å²) in [7, 11) is 0. The second-order valence-electron chi connectivity index (χ2n) is 4.03. The zero-order valence-corrected chi connectivity index (χ0v) is 11.4. The molecular weight excluding hydrogens is 282 g/mol. The normalized spacial score (nSPS) is 11.6. The van der Waals surface area contributed by atoms with Crippen molar-refractivity contribution in [3.8, 4) is 0 Å². The lowest BCUT2D eigenvalue weighted by atomic mass is 10.2. The van der Waals surface area contributed by atoms with Crippen molar-refractivity contribution in [2.45, 2.75) is 18.2 Å². The van der Waals surface area contributed by atoms with Crippen molar-refractivity contribution in [2.75, 3.05) is 5.75 Å². The molecule has 0 spiro atoms. The molecule has 0 bridgehead atoms. The number of benzene rings is 1. The highest BCUT2D eigenvalue weighted by Crippen LogP contribution is 2.11. The van der Waals surface area contributed by atoms with E-state index >= 15 is 0 Å². The van der Waals surface area contributed by atoms with Gasteiger partial charge in [0.25, 0.3) is 0 Å². The average molecular weight is 297 g/mol. The van der Waals surface area contributed by atoms with E-state index in [-0.39, 0.29) is 5.75 Å². The van der Waals surface area contributed by atoms with Gasteiger partial charge < -0.3 is 15.5 Å². The molecule has 0 aromatic heterocycles. The van der Waals surface area contributed by atoms with Gasteiger partial charge in [0.2, 0.25) is 5.91 Å². The summed E-state index contributed by atoms with van der Waals surface area (Å²) in [5, 5.41) is 19.5. The molecule has 0 aliphatic carbocycles. The molecule has 0 unspecified atom stereocenters. The summed E-state index contributed by atoms with van der Waals surface area (Å²) in [6.45, 7) is 0. The molecule has 20 heavy (non-hydrogen) atoms. The Labute approximate surface area is 120 Å². The van der Waals surface area contributed by atoms with Gasteiger partial charge in [-0.15, -0.1) is 11.8 Å². The molecular formula is C13H15NO5S. The summed E-state index contributed by atoms with van der Waals surface area (Å²) < 4.78 is 0. The van der Waals surface area contributed by atoms with Crippen LogP contribution in [0.15, 0.2) is 30.3 Å². The molecule has 1 aromatic carbocycles. The first kappa shape index (κ1) is 16.0. The molecule has 108 valence electrons. The quantitative estimate of drug-likeness (QED) is 0.660. The summed E-state index contributed by atoms with van der Waals surface area (Å²) >= 11 is 1.33. The van der Waals surface area contributed by atoms with Gasteiger partial charge in [0, 0.05) is 5.75 Å². The number of nitrogens with one attached hydrogen (secondary N) is 1. The molecule has 3 N–H and O–H groups in total. The Balaban J connectivity index is 2.35. The van der Waals surface area contributed by atoms with Crippen molar-refractivity contribution < 1.29 is 24.6 Å². The molecule has 1 rings (SSSR count). The van der Waals surface area contributed by atoms with Crippen molar-refractivity contribution in [3.05, 3.63) is 35.9 Å². The number of carbonyl (C=O) groups excluding carboxylic acids is 1. The van der Waals surface area contributed by atoms with E-state index in [2.05, 4.69) is 5.32 Å². The lowest BCUT2D eigenvalue weighted by Crippen LogP contribution is -2.43. The van der Waals surface area contributed by atoms with Crippen molar-refractivity contribution in [1.29, 1.82) is 0 Å². The van der Waals surface area contributed by atoms with Crippen LogP contribution in [0.25, 0.3) is 0 Å². The fraction of sp³-hybridized carbons (Fsp3) is 0.308. The summed E-state index contributed by atoms with van der Waals surface area (Å²) in [6.07, 6.45) is -0.634. The Morgan fingerprint density at radius 1 is 1.15 bits per heavy atom. The molecule has 0 radical (unpaired) electrons. The minimum absolute atomic E-state index is 0.0816. The molecule has 1 atom stereocenters. The molecule has 7 heteroatoms. The smallest absolute Gasteiger partial charge is 0.326 e. The number of carbonyl (C=O) groups is 3. The summed E-state index contributed by atoms with van der Waals surface area (Å²) in [5.41, 5.74) is 1.06. The fourth-order valence-electron chi connectivity index (χ4n) is 1.45. The predicted molar refractivity (Wildman–Crippen MR) is 74.4 cm³/mol. The van der Waals surface area contributed by atoms with Crippen LogP contribution in [-0.2, 0) is 20.1 Å². The van der Waals surface area contributed by atoms with Crippen molar-refractivity contribution in [3.63, 3.8) is 0 Å². The fourth-order valence-corrected chi connectivity index (χ4v) is 2.25. The van der Waals surface area contributed by atoms with Gasteiger partial charge in [0.1, 0.15) is 6.04 Å². The minimum Gasteiger partial charge on any atom is -0.481 e. The molecule has 0 saturated carbocycles. The van der Waals surface area contributed by atoms with Gasteiger partial charge in [-0.1, -0.05) is 30.3 Å². The maximum absolute atomic E-state index is 11.5. The molecule has 1 amide bonds. The Morgan fingerprint density at radius 3 is 2.35 bits per heavy atom. The van der Waals surface area contributed by atoms with Crippen molar-refractivity contribution in [2.24, 2.45) is 0 Å². The molecule has 1 aromatic rings. The summed E-state index contributed by atoms with van der Waals surface area (Å²) in [6, 6.07) is 8.14. The van der Waals surface area contributed by atoms with E-state index in [1.807, 2.05) is 30.3 Å². The number of aliphatic carboxylic acids is 2. The van der Waals surface area contributed by atoms with Gasteiger partial charge in [0.15, 0.2) is 0 Å². The Hall–Kier alpha value is -2.02. The van der Waals surface area contributed by atoms with E-state index in [0.717, 1.165) is 5.56 Å². The van der Waals surface area contributed by atoms with Gasteiger partial charge >= 0.3 is 11.9 Å². The van der Waals surface area contributed by atoms with Gasteiger partial charge in [-0.05, 0) is 5.56 Å². The first-order valence-corrected chi connectivity index (χ1v) is 7.00. The number of rotatable bonds is 8. The van der Waals surface area contributed by atoms with E-state index < -0.39 is 30.3 Å². The lowest BCUT2D eigenvalue weighted by molar-refractivity contribution is -0.147. The van der Waals surface area contributed by atoms with Gasteiger partial charge in [-0.3, -0.25) is 9.59 Å². The number of hydrogen-bond donors (Lipinski definition) is 3. The van der Waals surface area contributed by atoms with E-state index in [0.29, 0.717) is 5.75 Å². The first-order valence-electron chi connectivity index (χ1n) is 5.84. The first-order chi connectivity index (χ1) is 9.49. The molecule has 0 saturated heterocycles. The second kappa shape index (κ2) is 8.21. The van der Waals surface area contributed by atoms with Crippen LogP contribution in [0.1, 0.15) is 12.0 Å². The van der Waals surface area contributed by atoms with E-state index in [4.69, 9.17) is 10.2 Å². The Kier molecular flexibility index (Phi) is 6.58. The summed E-state index contributed by atoms with van der Waals surface area (Å²) in [5.74, 6) is -2.40. The standard InChI is InChI=1S/C13H15NO5S/c15-11(14-10(13(18)19)6-12(16)17)8-20-7-9-4-2-1-3-5-9/h1-5,10H,6-8H2,(H,14,15)(H,16,17)(H,18,19)/t10-/m1/s1. The zero-order valence-electron chi connectivity index (χ0n) is 10.6. The maximum atomic E-state index is 11.5.